The van der Waals surface area contributed by atoms with E-state index in [1.165, 1.54) is 6.08 Å². The third-order valence-electron chi connectivity index (χ3n) is 0.316. The van der Waals surface area contributed by atoms with Crippen molar-refractivity contribution in [2.45, 2.75) is 0 Å². The summed E-state index contributed by atoms with van der Waals surface area (Å²) in [5.41, 5.74) is 2.44. The summed E-state index contributed by atoms with van der Waals surface area (Å²) in [6, 6.07) is -2.69. The standard InChI is InChI=1S/C4H3Cl3Si/c1-2-3-4-8(5,6)7/h2H,1H2. The first-order chi connectivity index (χ1) is 3.56. The Hall–Kier alpha value is 0.387. The fourth-order valence-electron chi connectivity index (χ4n) is 0.133. The van der Waals surface area contributed by atoms with Crippen LogP contribution in [0.2, 0.25) is 0 Å². The lowest BCUT2D eigenvalue weighted by Gasteiger charge is -1.90. The Bertz CT molecular complexity index is 136. The van der Waals surface area contributed by atoms with E-state index in [9.17, 15) is 0 Å². The first-order valence-corrected chi connectivity index (χ1v) is 6.80. The highest BCUT2D eigenvalue weighted by Crippen LogP contribution is 2.17. The van der Waals surface area contributed by atoms with Gasteiger partial charge in [0.25, 0.3) is 0 Å². The van der Waals surface area contributed by atoms with E-state index in [1.54, 1.807) is 0 Å². The second-order valence-corrected chi connectivity index (χ2v) is 9.06. The van der Waals surface area contributed by atoms with E-state index in [0.717, 1.165) is 0 Å². The van der Waals surface area contributed by atoms with Gasteiger partial charge in [-0.2, -0.15) is 0 Å². The van der Waals surface area contributed by atoms with Crippen LogP contribution in [0.3, 0.4) is 0 Å². The molecule has 0 aromatic rings. The van der Waals surface area contributed by atoms with Crippen LogP contribution in [0.25, 0.3) is 0 Å². The molecule has 0 N–H and O–H groups in total. The van der Waals surface area contributed by atoms with Gasteiger partial charge in [-0.05, 0) is 6.08 Å². The van der Waals surface area contributed by atoms with Gasteiger partial charge in [-0.25, -0.2) is 0 Å². The summed E-state index contributed by atoms with van der Waals surface area (Å²) < 4.78 is 0. The van der Waals surface area contributed by atoms with E-state index in [0.29, 0.717) is 0 Å². The lowest BCUT2D eigenvalue weighted by atomic mass is 10.7. The summed E-state index contributed by atoms with van der Waals surface area (Å²) in [6.07, 6.45) is 1.40. The Kier molecular flexibility index (Phi) is 3.59. The minimum absolute atomic E-state index is 1.40. The highest BCUT2D eigenvalue weighted by atomic mass is 35.8. The van der Waals surface area contributed by atoms with Gasteiger partial charge in [0, 0.05) is 0 Å². The molecule has 0 amide bonds. The summed E-state index contributed by atoms with van der Waals surface area (Å²) in [6.45, 7) is 3.34. The quantitative estimate of drug-likeness (QED) is 0.309. The lowest BCUT2D eigenvalue weighted by Crippen LogP contribution is -2.03. The van der Waals surface area contributed by atoms with Crippen LogP contribution in [0.15, 0.2) is 12.7 Å². The van der Waals surface area contributed by atoms with Crippen LogP contribution in [0, 0.1) is 11.5 Å². The van der Waals surface area contributed by atoms with Crippen molar-refractivity contribution in [2.75, 3.05) is 0 Å². The molecule has 0 saturated carbocycles. The van der Waals surface area contributed by atoms with Crippen molar-refractivity contribution in [1.29, 1.82) is 0 Å². The lowest BCUT2D eigenvalue weighted by molar-refractivity contribution is 2.32. The Labute approximate surface area is 63.6 Å². The van der Waals surface area contributed by atoms with Gasteiger partial charge in [0.2, 0.25) is 0 Å². The second-order valence-electron chi connectivity index (χ2n) is 0.971. The number of hydrogen-bond donors (Lipinski definition) is 0. The SMILES string of the molecule is C=CC#C[Si](Cl)(Cl)Cl. The van der Waals surface area contributed by atoms with Crippen molar-refractivity contribution in [3.8, 4) is 11.5 Å². The molecule has 0 atom stereocenters. The molecule has 0 aliphatic heterocycles. The zero-order valence-electron chi connectivity index (χ0n) is 3.92. The number of rotatable bonds is 0. The topological polar surface area (TPSA) is 0 Å². The van der Waals surface area contributed by atoms with Crippen molar-refractivity contribution in [3.63, 3.8) is 0 Å². The molecule has 0 spiro atoms. The summed E-state index contributed by atoms with van der Waals surface area (Å²) in [4.78, 5) is 0. The molecule has 0 bridgehead atoms. The molecule has 4 heteroatoms. The van der Waals surface area contributed by atoms with Gasteiger partial charge >= 0.3 is 6.00 Å². The molecule has 0 aromatic carbocycles. The van der Waals surface area contributed by atoms with Crippen molar-refractivity contribution in [2.24, 2.45) is 0 Å². The molecule has 0 aromatic heterocycles. The maximum absolute atomic E-state index is 5.36. The molecule has 0 aliphatic rings. The number of hydrogen-bond acceptors (Lipinski definition) is 0. The third-order valence-corrected chi connectivity index (χ3v) is 1.59. The molecular formula is C4H3Cl3Si. The smallest absolute Gasteiger partial charge is 0.113 e. The van der Waals surface area contributed by atoms with Gasteiger partial charge in [0.1, 0.15) is 0 Å². The van der Waals surface area contributed by atoms with Crippen molar-refractivity contribution in [3.05, 3.63) is 12.7 Å². The average molecular weight is 186 g/mol. The van der Waals surface area contributed by atoms with Crippen molar-refractivity contribution >= 4 is 39.2 Å². The van der Waals surface area contributed by atoms with E-state index < -0.39 is 6.00 Å². The molecule has 0 rings (SSSR count). The van der Waals surface area contributed by atoms with E-state index in [1.807, 2.05) is 0 Å². The van der Waals surface area contributed by atoms with E-state index in [2.05, 4.69) is 18.0 Å². The van der Waals surface area contributed by atoms with Gasteiger partial charge in [-0.1, -0.05) is 18.0 Å². The van der Waals surface area contributed by atoms with Crippen molar-refractivity contribution in [1.82, 2.24) is 0 Å². The Morgan fingerprint density at radius 3 is 2.00 bits per heavy atom. The second kappa shape index (κ2) is 3.42. The van der Waals surface area contributed by atoms with Crippen molar-refractivity contribution < 1.29 is 0 Å². The molecule has 0 nitrogen and oxygen atoms in total. The predicted octanol–water partition coefficient (Wildman–Crippen LogP) is 2.37. The summed E-state index contributed by atoms with van der Waals surface area (Å²) in [7, 11) is 0. The average Bonchev–Trinajstić information content (AvgIpc) is 1.59. The molecular weight excluding hydrogens is 182 g/mol. The molecule has 44 valence electrons. The Morgan fingerprint density at radius 2 is 1.88 bits per heavy atom. The van der Waals surface area contributed by atoms with Gasteiger partial charge in [-0.3, -0.25) is 0 Å². The first kappa shape index (κ1) is 8.39. The van der Waals surface area contributed by atoms with Crippen LogP contribution >= 0.6 is 33.2 Å². The van der Waals surface area contributed by atoms with Crippen LogP contribution in [-0.4, -0.2) is 6.00 Å². The molecule has 0 heterocycles. The fourth-order valence-corrected chi connectivity index (χ4v) is 0.890. The van der Waals surface area contributed by atoms with Crippen LogP contribution < -0.4 is 0 Å². The Balaban J connectivity index is 3.87. The maximum atomic E-state index is 5.36. The highest BCUT2D eigenvalue weighted by Gasteiger charge is 2.20. The van der Waals surface area contributed by atoms with E-state index >= 15 is 0 Å². The number of halogens is 3. The largest absolute Gasteiger partial charge is 0.422 e. The predicted molar refractivity (Wildman–Crippen MR) is 41.3 cm³/mol. The van der Waals surface area contributed by atoms with Crippen LogP contribution in [0.4, 0.5) is 0 Å². The number of allylic oxidation sites excluding steroid dienone is 1. The third kappa shape index (κ3) is 6.39. The normalized spacial score (nSPS) is 9.38. The molecule has 8 heavy (non-hydrogen) atoms. The van der Waals surface area contributed by atoms with E-state index in [4.69, 9.17) is 33.2 Å². The fraction of sp³-hybridized carbons (Fsp3) is 0. The summed E-state index contributed by atoms with van der Waals surface area (Å²) >= 11 is 16.1. The molecule has 0 radical (unpaired) electrons. The molecule has 0 aliphatic carbocycles. The zero-order valence-corrected chi connectivity index (χ0v) is 7.19. The minimum atomic E-state index is -2.69. The Morgan fingerprint density at radius 1 is 1.38 bits per heavy atom. The van der Waals surface area contributed by atoms with Gasteiger partial charge in [0.15, 0.2) is 0 Å². The maximum Gasteiger partial charge on any atom is 0.422 e. The molecule has 0 unspecified atom stereocenters. The first-order valence-electron chi connectivity index (χ1n) is 1.76. The van der Waals surface area contributed by atoms with Crippen LogP contribution in [0.1, 0.15) is 0 Å². The van der Waals surface area contributed by atoms with E-state index in [-0.39, 0.29) is 0 Å². The van der Waals surface area contributed by atoms with Gasteiger partial charge < -0.3 is 0 Å². The monoisotopic (exact) mass is 184 g/mol. The van der Waals surface area contributed by atoms with Crippen LogP contribution in [-0.2, 0) is 0 Å². The molecule has 0 saturated heterocycles. The van der Waals surface area contributed by atoms with Gasteiger partial charge in [-0.15, -0.1) is 33.2 Å². The zero-order chi connectivity index (χ0) is 6.62. The minimum Gasteiger partial charge on any atom is -0.113 e. The highest BCUT2D eigenvalue weighted by molar-refractivity contribution is 7.67. The van der Waals surface area contributed by atoms with Gasteiger partial charge in [0.05, 0.1) is 0 Å². The molecule has 0 fully saturated rings. The summed E-state index contributed by atoms with van der Waals surface area (Å²) in [5, 5.41) is 0. The summed E-state index contributed by atoms with van der Waals surface area (Å²) in [5.74, 6) is 2.47. The van der Waals surface area contributed by atoms with Crippen LogP contribution in [0.5, 0.6) is 0 Å².